The highest BCUT2D eigenvalue weighted by Crippen LogP contribution is 2.29. The third kappa shape index (κ3) is 3.23. The van der Waals surface area contributed by atoms with E-state index >= 15 is 0 Å². The smallest absolute Gasteiger partial charge is 0.304 e. The van der Waals surface area contributed by atoms with Crippen LogP contribution in [0.4, 0.5) is 0 Å². The summed E-state index contributed by atoms with van der Waals surface area (Å²) in [7, 11) is 0. The van der Waals surface area contributed by atoms with Crippen LogP contribution < -0.4 is 0 Å². The van der Waals surface area contributed by atoms with Gasteiger partial charge in [-0.3, -0.25) is 4.79 Å². The number of aromatic nitrogens is 2. The summed E-state index contributed by atoms with van der Waals surface area (Å²) < 4.78 is 0.752. The van der Waals surface area contributed by atoms with E-state index in [4.69, 9.17) is 5.11 Å². The van der Waals surface area contributed by atoms with Crippen LogP contribution in [0.5, 0.6) is 0 Å². The molecule has 0 fully saturated rings. The van der Waals surface area contributed by atoms with Gasteiger partial charge < -0.3 is 10.1 Å². The van der Waals surface area contributed by atoms with Crippen molar-refractivity contribution < 1.29 is 9.90 Å². The van der Waals surface area contributed by atoms with Crippen molar-refractivity contribution in [2.24, 2.45) is 0 Å². The summed E-state index contributed by atoms with van der Waals surface area (Å²) in [6, 6.07) is 6.03. The van der Waals surface area contributed by atoms with Crippen LogP contribution in [0.25, 0.3) is 0 Å². The SMILES string of the molecule is Cc1ccc(C(CC(=O)O)c2ncc(Br)[nH]2)c(C)c1. The highest BCUT2D eigenvalue weighted by atomic mass is 79.9. The average molecular weight is 323 g/mol. The predicted octanol–water partition coefficient (Wildman–Crippen LogP) is 3.40. The summed E-state index contributed by atoms with van der Waals surface area (Å²) in [5, 5.41) is 9.11. The zero-order chi connectivity index (χ0) is 14.0. The number of carbonyl (C=O) groups is 1. The monoisotopic (exact) mass is 322 g/mol. The van der Waals surface area contributed by atoms with Gasteiger partial charge in [0.05, 0.1) is 18.5 Å². The molecule has 0 bridgehead atoms. The molecule has 0 saturated carbocycles. The van der Waals surface area contributed by atoms with Gasteiger partial charge in [0.1, 0.15) is 10.4 Å². The summed E-state index contributed by atoms with van der Waals surface area (Å²) in [5.74, 6) is -0.428. The molecule has 1 aromatic carbocycles. The molecule has 0 aliphatic rings. The third-order valence-electron chi connectivity index (χ3n) is 3.07. The Morgan fingerprint density at radius 2 is 2.21 bits per heavy atom. The zero-order valence-electron chi connectivity index (χ0n) is 10.8. The number of rotatable bonds is 4. The van der Waals surface area contributed by atoms with E-state index < -0.39 is 5.97 Å². The molecule has 2 rings (SSSR count). The second-order valence-corrected chi connectivity index (χ2v) is 5.48. The molecule has 1 unspecified atom stereocenters. The Morgan fingerprint density at radius 3 is 2.74 bits per heavy atom. The molecule has 0 radical (unpaired) electrons. The van der Waals surface area contributed by atoms with E-state index in [9.17, 15) is 4.79 Å². The quantitative estimate of drug-likeness (QED) is 0.906. The first-order valence-corrected chi connectivity index (χ1v) is 6.76. The van der Waals surface area contributed by atoms with Crippen LogP contribution in [0.15, 0.2) is 29.0 Å². The molecular weight excluding hydrogens is 308 g/mol. The molecule has 2 aromatic rings. The highest BCUT2D eigenvalue weighted by molar-refractivity contribution is 9.10. The van der Waals surface area contributed by atoms with E-state index in [1.807, 2.05) is 26.0 Å². The van der Waals surface area contributed by atoms with Crippen LogP contribution >= 0.6 is 15.9 Å². The normalized spacial score (nSPS) is 12.4. The van der Waals surface area contributed by atoms with Gasteiger partial charge in [-0.2, -0.15) is 0 Å². The number of hydrogen-bond donors (Lipinski definition) is 2. The summed E-state index contributed by atoms with van der Waals surface area (Å²) >= 11 is 3.30. The molecule has 0 aliphatic heterocycles. The van der Waals surface area contributed by atoms with Gasteiger partial charge in [-0.25, -0.2) is 4.98 Å². The van der Waals surface area contributed by atoms with Crippen LogP contribution in [0, 0.1) is 13.8 Å². The molecule has 0 spiro atoms. The maximum Gasteiger partial charge on any atom is 0.304 e. The van der Waals surface area contributed by atoms with E-state index in [1.165, 1.54) is 0 Å². The minimum Gasteiger partial charge on any atom is -0.481 e. The first kappa shape index (κ1) is 13.8. The molecule has 0 amide bonds. The molecule has 5 heteroatoms. The lowest BCUT2D eigenvalue weighted by Gasteiger charge is -2.16. The Bertz CT molecular complexity index is 607. The van der Waals surface area contributed by atoms with E-state index in [0.717, 1.165) is 21.3 Å². The van der Waals surface area contributed by atoms with Gasteiger partial charge in [0, 0.05) is 0 Å². The number of carboxylic acids is 1. The Labute approximate surface area is 120 Å². The summed E-state index contributed by atoms with van der Waals surface area (Å²) in [6.07, 6.45) is 1.66. The summed E-state index contributed by atoms with van der Waals surface area (Å²) in [4.78, 5) is 18.4. The van der Waals surface area contributed by atoms with Crippen molar-refractivity contribution in [1.29, 1.82) is 0 Å². The number of nitrogens with zero attached hydrogens (tertiary/aromatic N) is 1. The molecule has 19 heavy (non-hydrogen) atoms. The molecule has 1 atom stereocenters. The van der Waals surface area contributed by atoms with Gasteiger partial charge in [0.15, 0.2) is 0 Å². The maximum atomic E-state index is 11.1. The Morgan fingerprint density at radius 1 is 1.47 bits per heavy atom. The molecule has 0 aliphatic carbocycles. The summed E-state index contributed by atoms with van der Waals surface area (Å²) in [5.41, 5.74) is 3.24. The molecular formula is C14H15BrN2O2. The van der Waals surface area contributed by atoms with Crippen molar-refractivity contribution in [2.75, 3.05) is 0 Å². The fourth-order valence-corrected chi connectivity index (χ4v) is 2.54. The number of aryl methyl sites for hydroxylation is 2. The molecule has 1 aromatic heterocycles. The van der Waals surface area contributed by atoms with Crippen molar-refractivity contribution in [2.45, 2.75) is 26.2 Å². The number of aromatic amines is 1. The van der Waals surface area contributed by atoms with Crippen molar-refractivity contribution in [3.63, 3.8) is 0 Å². The Balaban J connectivity index is 2.45. The van der Waals surface area contributed by atoms with Crippen molar-refractivity contribution in [3.8, 4) is 0 Å². The fourth-order valence-electron chi connectivity index (χ4n) is 2.24. The van der Waals surface area contributed by atoms with E-state index in [0.29, 0.717) is 5.82 Å². The van der Waals surface area contributed by atoms with Crippen LogP contribution in [0.2, 0.25) is 0 Å². The number of hydrogen-bond acceptors (Lipinski definition) is 2. The van der Waals surface area contributed by atoms with Crippen molar-refractivity contribution in [1.82, 2.24) is 9.97 Å². The minimum absolute atomic E-state index is 0.0177. The van der Waals surface area contributed by atoms with E-state index in [-0.39, 0.29) is 12.3 Å². The fraction of sp³-hybridized carbons (Fsp3) is 0.286. The van der Waals surface area contributed by atoms with Gasteiger partial charge in [-0.05, 0) is 40.9 Å². The second kappa shape index (κ2) is 5.57. The van der Waals surface area contributed by atoms with Crippen LogP contribution in [-0.4, -0.2) is 21.0 Å². The number of nitrogens with one attached hydrogen (secondary N) is 1. The molecule has 0 saturated heterocycles. The first-order valence-electron chi connectivity index (χ1n) is 5.96. The Kier molecular flexibility index (Phi) is 4.04. The predicted molar refractivity (Wildman–Crippen MR) is 76.3 cm³/mol. The van der Waals surface area contributed by atoms with Crippen LogP contribution in [0.3, 0.4) is 0 Å². The lowest BCUT2D eigenvalue weighted by molar-refractivity contribution is -0.137. The first-order chi connectivity index (χ1) is 8.97. The minimum atomic E-state index is -0.836. The van der Waals surface area contributed by atoms with Crippen LogP contribution in [-0.2, 0) is 4.79 Å². The maximum absolute atomic E-state index is 11.1. The largest absolute Gasteiger partial charge is 0.481 e. The highest BCUT2D eigenvalue weighted by Gasteiger charge is 2.22. The lowest BCUT2D eigenvalue weighted by Crippen LogP contribution is -2.11. The number of carboxylic acid groups (broad SMARTS) is 1. The van der Waals surface area contributed by atoms with Crippen LogP contribution in [0.1, 0.15) is 34.9 Å². The molecule has 4 nitrogen and oxygen atoms in total. The molecule has 100 valence electrons. The molecule has 2 N–H and O–H groups in total. The van der Waals surface area contributed by atoms with Gasteiger partial charge in [-0.1, -0.05) is 23.8 Å². The topological polar surface area (TPSA) is 66.0 Å². The number of imidazole rings is 1. The standard InChI is InChI=1S/C14H15BrN2O2/c1-8-3-4-10(9(2)5-8)11(6-13(18)19)14-16-7-12(15)17-14/h3-5,7,11H,6H2,1-2H3,(H,16,17)(H,18,19). The average Bonchev–Trinajstić information content (AvgIpc) is 2.73. The summed E-state index contributed by atoms with van der Waals surface area (Å²) in [6.45, 7) is 4.02. The van der Waals surface area contributed by atoms with Gasteiger partial charge >= 0.3 is 5.97 Å². The van der Waals surface area contributed by atoms with Gasteiger partial charge in [-0.15, -0.1) is 0 Å². The third-order valence-corrected chi connectivity index (χ3v) is 3.48. The van der Waals surface area contributed by atoms with Gasteiger partial charge in [0.25, 0.3) is 0 Å². The van der Waals surface area contributed by atoms with Crippen molar-refractivity contribution in [3.05, 3.63) is 51.5 Å². The molecule has 1 heterocycles. The van der Waals surface area contributed by atoms with Gasteiger partial charge in [0.2, 0.25) is 0 Å². The number of halogens is 1. The van der Waals surface area contributed by atoms with E-state index in [1.54, 1.807) is 6.20 Å². The van der Waals surface area contributed by atoms with E-state index in [2.05, 4.69) is 32.0 Å². The number of aliphatic carboxylic acids is 1. The second-order valence-electron chi connectivity index (χ2n) is 4.63. The number of H-pyrrole nitrogens is 1. The lowest BCUT2D eigenvalue weighted by atomic mass is 9.90. The zero-order valence-corrected chi connectivity index (χ0v) is 12.4. The Hall–Kier alpha value is -1.62. The van der Waals surface area contributed by atoms with Crippen molar-refractivity contribution >= 4 is 21.9 Å². The number of benzene rings is 1.